The largest absolute Gasteiger partial charge is 0.420 e. The number of rotatable bonds is 6. The summed E-state index contributed by atoms with van der Waals surface area (Å²) in [6.07, 6.45) is 4.69. The molecular formula is C23H22FNO2. The smallest absolute Gasteiger partial charge is 0.343 e. The number of carbonyl (C=O) groups excluding carboxylic acids is 1. The Morgan fingerprint density at radius 1 is 1.00 bits per heavy atom. The zero-order chi connectivity index (χ0) is 19.2. The molecule has 0 radical (unpaired) electrons. The lowest BCUT2D eigenvalue weighted by Gasteiger charge is -2.08. The molecule has 0 aliphatic rings. The first-order valence-corrected chi connectivity index (χ1v) is 9.16. The molecule has 0 bridgehead atoms. The molecule has 1 aromatic heterocycles. The molecule has 2 aromatic carbocycles. The van der Waals surface area contributed by atoms with Crippen LogP contribution in [0.15, 0.2) is 60.8 Å². The van der Waals surface area contributed by atoms with Crippen molar-refractivity contribution in [2.75, 3.05) is 0 Å². The van der Waals surface area contributed by atoms with Crippen molar-refractivity contribution in [3.05, 3.63) is 83.3 Å². The van der Waals surface area contributed by atoms with Crippen molar-refractivity contribution < 1.29 is 13.9 Å². The standard InChI is InChI=1S/C23H22FNO2/c1-3-5-17-6-12-21(25-15-17)18-8-10-19(11-9-18)23(26)27-22-13-7-16(4-2)14-20(22)24/h6-15H,3-5H2,1-2H3. The van der Waals surface area contributed by atoms with E-state index in [1.807, 2.05) is 31.3 Å². The molecule has 0 fully saturated rings. The number of halogens is 1. The lowest BCUT2D eigenvalue weighted by Crippen LogP contribution is -2.09. The average Bonchev–Trinajstić information content (AvgIpc) is 2.70. The third-order valence-corrected chi connectivity index (χ3v) is 4.39. The second kappa shape index (κ2) is 8.58. The van der Waals surface area contributed by atoms with Crippen LogP contribution in [0, 0.1) is 5.82 Å². The quantitative estimate of drug-likeness (QED) is 0.421. The van der Waals surface area contributed by atoms with Crippen molar-refractivity contribution in [1.29, 1.82) is 0 Å². The Morgan fingerprint density at radius 3 is 2.33 bits per heavy atom. The zero-order valence-corrected chi connectivity index (χ0v) is 15.5. The van der Waals surface area contributed by atoms with Gasteiger partial charge in [-0.15, -0.1) is 0 Å². The van der Waals surface area contributed by atoms with E-state index in [1.54, 1.807) is 18.2 Å². The summed E-state index contributed by atoms with van der Waals surface area (Å²) >= 11 is 0. The highest BCUT2D eigenvalue weighted by molar-refractivity contribution is 5.91. The van der Waals surface area contributed by atoms with Crippen LogP contribution in [0.2, 0.25) is 0 Å². The molecule has 4 heteroatoms. The third kappa shape index (κ3) is 4.59. The molecule has 0 atom stereocenters. The van der Waals surface area contributed by atoms with Crippen LogP contribution in [0.25, 0.3) is 11.3 Å². The molecule has 3 nitrogen and oxygen atoms in total. The molecule has 3 rings (SSSR count). The van der Waals surface area contributed by atoms with Gasteiger partial charge in [0, 0.05) is 11.8 Å². The topological polar surface area (TPSA) is 39.2 Å². The van der Waals surface area contributed by atoms with E-state index < -0.39 is 11.8 Å². The molecule has 0 aliphatic carbocycles. The van der Waals surface area contributed by atoms with Crippen LogP contribution in [0.3, 0.4) is 0 Å². The van der Waals surface area contributed by atoms with Gasteiger partial charge in [0.1, 0.15) is 0 Å². The van der Waals surface area contributed by atoms with Crippen LogP contribution in [-0.2, 0) is 12.8 Å². The lowest BCUT2D eigenvalue weighted by molar-refractivity contribution is 0.0728. The maximum atomic E-state index is 14.0. The van der Waals surface area contributed by atoms with Gasteiger partial charge in [0.25, 0.3) is 0 Å². The van der Waals surface area contributed by atoms with Gasteiger partial charge in [-0.3, -0.25) is 4.98 Å². The SMILES string of the molecule is CCCc1ccc(-c2ccc(C(=O)Oc3ccc(CC)cc3F)cc2)nc1. The zero-order valence-electron chi connectivity index (χ0n) is 15.5. The number of benzene rings is 2. The molecule has 3 aromatic rings. The minimum atomic E-state index is -0.587. The van der Waals surface area contributed by atoms with E-state index in [4.69, 9.17) is 4.74 Å². The highest BCUT2D eigenvalue weighted by Crippen LogP contribution is 2.22. The summed E-state index contributed by atoms with van der Waals surface area (Å²) in [7, 11) is 0. The minimum absolute atomic E-state index is 0.0607. The fourth-order valence-electron chi connectivity index (χ4n) is 2.81. The van der Waals surface area contributed by atoms with E-state index in [0.717, 1.165) is 36.1 Å². The van der Waals surface area contributed by atoms with E-state index in [2.05, 4.69) is 18.0 Å². The van der Waals surface area contributed by atoms with Crippen LogP contribution in [-0.4, -0.2) is 11.0 Å². The molecule has 0 saturated carbocycles. The number of pyridine rings is 1. The van der Waals surface area contributed by atoms with Crippen LogP contribution < -0.4 is 4.74 Å². The number of hydrogen-bond acceptors (Lipinski definition) is 3. The Balaban J connectivity index is 1.72. The van der Waals surface area contributed by atoms with Gasteiger partial charge < -0.3 is 4.74 Å². The van der Waals surface area contributed by atoms with Gasteiger partial charge in [-0.25, -0.2) is 9.18 Å². The van der Waals surface area contributed by atoms with Gasteiger partial charge in [-0.2, -0.15) is 0 Å². The van der Waals surface area contributed by atoms with Gasteiger partial charge in [-0.05, 0) is 54.3 Å². The summed E-state index contributed by atoms with van der Waals surface area (Å²) in [6, 6.07) is 15.6. The highest BCUT2D eigenvalue weighted by atomic mass is 19.1. The summed E-state index contributed by atoms with van der Waals surface area (Å²) in [4.78, 5) is 16.8. The maximum absolute atomic E-state index is 14.0. The molecule has 0 spiro atoms. The van der Waals surface area contributed by atoms with Gasteiger partial charge in [0.05, 0.1) is 11.3 Å². The minimum Gasteiger partial charge on any atom is -0.420 e. The molecule has 27 heavy (non-hydrogen) atoms. The summed E-state index contributed by atoms with van der Waals surface area (Å²) in [5.41, 5.74) is 4.18. The number of aryl methyl sites for hydroxylation is 2. The normalized spacial score (nSPS) is 10.6. The van der Waals surface area contributed by atoms with E-state index in [9.17, 15) is 9.18 Å². The molecule has 1 heterocycles. The van der Waals surface area contributed by atoms with Crippen molar-refractivity contribution in [3.63, 3.8) is 0 Å². The lowest BCUT2D eigenvalue weighted by atomic mass is 10.1. The Labute approximate surface area is 158 Å². The van der Waals surface area contributed by atoms with Gasteiger partial charge >= 0.3 is 5.97 Å². The molecule has 0 saturated heterocycles. The Hall–Kier alpha value is -3.01. The van der Waals surface area contributed by atoms with E-state index in [-0.39, 0.29) is 5.75 Å². The van der Waals surface area contributed by atoms with Crippen molar-refractivity contribution in [3.8, 4) is 17.0 Å². The van der Waals surface area contributed by atoms with Crippen LogP contribution in [0.4, 0.5) is 4.39 Å². The first-order chi connectivity index (χ1) is 13.1. The van der Waals surface area contributed by atoms with Crippen molar-refractivity contribution in [1.82, 2.24) is 4.98 Å². The summed E-state index contributed by atoms with van der Waals surface area (Å²) in [5.74, 6) is -1.18. The van der Waals surface area contributed by atoms with Crippen molar-refractivity contribution in [2.24, 2.45) is 0 Å². The van der Waals surface area contributed by atoms with Gasteiger partial charge in [0.2, 0.25) is 0 Å². The predicted molar refractivity (Wildman–Crippen MR) is 104 cm³/mol. The molecule has 138 valence electrons. The Kier molecular flexibility index (Phi) is 5.97. The third-order valence-electron chi connectivity index (χ3n) is 4.39. The number of carbonyl (C=O) groups is 1. The fourth-order valence-corrected chi connectivity index (χ4v) is 2.81. The second-order valence-electron chi connectivity index (χ2n) is 6.39. The molecule has 0 N–H and O–H groups in total. The first kappa shape index (κ1) is 18.8. The number of aromatic nitrogens is 1. The first-order valence-electron chi connectivity index (χ1n) is 9.16. The number of ether oxygens (including phenoxy) is 1. The molecule has 0 amide bonds. The Bertz CT molecular complexity index is 918. The number of nitrogens with zero attached hydrogens (tertiary/aromatic N) is 1. The van der Waals surface area contributed by atoms with Gasteiger partial charge in [-0.1, -0.05) is 44.5 Å². The predicted octanol–water partition coefficient (Wildman–Crippen LogP) is 5.62. The van der Waals surface area contributed by atoms with Crippen LogP contribution in [0.5, 0.6) is 5.75 Å². The van der Waals surface area contributed by atoms with E-state index in [0.29, 0.717) is 5.56 Å². The van der Waals surface area contributed by atoms with Crippen molar-refractivity contribution >= 4 is 5.97 Å². The average molecular weight is 363 g/mol. The van der Waals surface area contributed by atoms with Crippen LogP contribution >= 0.6 is 0 Å². The Morgan fingerprint density at radius 2 is 1.74 bits per heavy atom. The maximum Gasteiger partial charge on any atom is 0.343 e. The second-order valence-corrected chi connectivity index (χ2v) is 6.39. The summed E-state index contributed by atoms with van der Waals surface area (Å²) in [5, 5.41) is 0. The fraction of sp³-hybridized carbons (Fsp3) is 0.217. The summed E-state index contributed by atoms with van der Waals surface area (Å²) < 4.78 is 19.2. The molecule has 0 aliphatic heterocycles. The number of hydrogen-bond donors (Lipinski definition) is 0. The van der Waals surface area contributed by atoms with E-state index >= 15 is 0 Å². The summed E-state index contributed by atoms with van der Waals surface area (Å²) in [6.45, 7) is 4.07. The number of esters is 1. The van der Waals surface area contributed by atoms with E-state index in [1.165, 1.54) is 17.7 Å². The molecular weight excluding hydrogens is 341 g/mol. The van der Waals surface area contributed by atoms with Gasteiger partial charge in [0.15, 0.2) is 11.6 Å². The van der Waals surface area contributed by atoms with Crippen LogP contribution in [0.1, 0.15) is 41.8 Å². The monoisotopic (exact) mass is 363 g/mol. The highest BCUT2D eigenvalue weighted by Gasteiger charge is 2.12. The molecule has 0 unspecified atom stereocenters. The van der Waals surface area contributed by atoms with Crippen molar-refractivity contribution in [2.45, 2.75) is 33.1 Å².